The van der Waals surface area contributed by atoms with Gasteiger partial charge in [-0.1, -0.05) is 0 Å². The summed E-state index contributed by atoms with van der Waals surface area (Å²) in [5.41, 5.74) is 2.80. The molecule has 0 amide bonds. The van der Waals surface area contributed by atoms with Crippen LogP contribution in [0.3, 0.4) is 0 Å². The lowest BCUT2D eigenvalue weighted by atomic mass is 10.1. The van der Waals surface area contributed by atoms with Crippen molar-refractivity contribution in [3.05, 3.63) is 35.9 Å². The Balaban J connectivity index is 1.49. The normalized spacial score (nSPS) is 15.4. The monoisotopic (exact) mass is 385 g/mol. The van der Waals surface area contributed by atoms with Gasteiger partial charge in [0.2, 0.25) is 0 Å². The first kappa shape index (κ1) is 18.8. The molecule has 4 heterocycles. The number of aromatic nitrogens is 4. The van der Waals surface area contributed by atoms with Crippen molar-refractivity contribution < 1.29 is 13.9 Å². The van der Waals surface area contributed by atoms with Crippen LogP contribution in [-0.2, 0) is 18.8 Å². The number of carbonyl (C=O) groups excluding carboxylic acids is 1. The van der Waals surface area contributed by atoms with Gasteiger partial charge in [0.15, 0.2) is 5.78 Å². The maximum absolute atomic E-state index is 13.5. The summed E-state index contributed by atoms with van der Waals surface area (Å²) in [5.74, 6) is -0.330. The van der Waals surface area contributed by atoms with Gasteiger partial charge >= 0.3 is 0 Å². The first-order valence-corrected chi connectivity index (χ1v) is 9.51. The van der Waals surface area contributed by atoms with Crippen LogP contribution in [0, 0.1) is 5.82 Å². The Labute approximate surface area is 162 Å². The zero-order chi connectivity index (χ0) is 19.7. The molecule has 0 radical (unpaired) electrons. The van der Waals surface area contributed by atoms with Crippen molar-refractivity contribution in [3.8, 4) is 11.4 Å². The molecule has 0 N–H and O–H groups in total. The molecular weight excluding hydrogens is 361 g/mol. The van der Waals surface area contributed by atoms with E-state index < -0.39 is 0 Å². The van der Waals surface area contributed by atoms with Crippen molar-refractivity contribution in [1.29, 1.82) is 0 Å². The van der Waals surface area contributed by atoms with Gasteiger partial charge in [0, 0.05) is 39.0 Å². The molecule has 28 heavy (non-hydrogen) atoms. The van der Waals surface area contributed by atoms with E-state index in [9.17, 15) is 9.18 Å². The minimum atomic E-state index is -0.370. The van der Waals surface area contributed by atoms with E-state index in [0.29, 0.717) is 17.8 Å². The molecular formula is C20H24FN5O2. The van der Waals surface area contributed by atoms with E-state index in [1.54, 1.807) is 4.68 Å². The van der Waals surface area contributed by atoms with E-state index in [1.165, 1.54) is 12.3 Å². The minimum absolute atomic E-state index is 0.0399. The first-order valence-electron chi connectivity index (χ1n) is 9.51. The van der Waals surface area contributed by atoms with Crippen LogP contribution in [0.5, 0.6) is 0 Å². The van der Waals surface area contributed by atoms with Crippen molar-refractivity contribution in [2.24, 2.45) is 14.1 Å². The van der Waals surface area contributed by atoms with Crippen LogP contribution in [0.15, 0.2) is 24.4 Å². The summed E-state index contributed by atoms with van der Waals surface area (Å²) >= 11 is 0. The summed E-state index contributed by atoms with van der Waals surface area (Å²) in [6, 6.07) is 5.14. The number of fused-ring (bicyclic) bond motifs is 1. The SMILES string of the molecule is Cn1nc(C(=O)CCCN2CCOCC2)cc1-c1cc2cc(F)cnc2n1C. The average Bonchev–Trinajstić information content (AvgIpc) is 3.22. The number of morpholine rings is 1. The molecule has 1 aliphatic rings. The number of nitrogens with zero attached hydrogens (tertiary/aromatic N) is 5. The number of rotatable bonds is 6. The number of carbonyl (C=O) groups is 1. The largest absolute Gasteiger partial charge is 0.379 e. The number of ether oxygens (including phenoxy) is 1. The van der Waals surface area contributed by atoms with E-state index in [2.05, 4.69) is 15.0 Å². The Hall–Kier alpha value is -2.58. The van der Waals surface area contributed by atoms with Crippen LogP contribution in [0.1, 0.15) is 23.3 Å². The van der Waals surface area contributed by atoms with E-state index >= 15 is 0 Å². The quantitative estimate of drug-likeness (QED) is 0.610. The van der Waals surface area contributed by atoms with Crippen LogP contribution < -0.4 is 0 Å². The molecule has 148 valence electrons. The van der Waals surface area contributed by atoms with Gasteiger partial charge in [-0.05, 0) is 31.2 Å². The zero-order valence-corrected chi connectivity index (χ0v) is 16.2. The summed E-state index contributed by atoms with van der Waals surface area (Å²) in [5, 5.41) is 5.13. The van der Waals surface area contributed by atoms with Gasteiger partial charge in [-0.25, -0.2) is 9.37 Å². The third-order valence-corrected chi connectivity index (χ3v) is 5.24. The Morgan fingerprint density at radius 3 is 2.75 bits per heavy atom. The fraction of sp³-hybridized carbons (Fsp3) is 0.450. The van der Waals surface area contributed by atoms with Gasteiger partial charge in [-0.3, -0.25) is 14.4 Å². The number of Topliss-reactive ketones (excluding diaryl/α,β-unsaturated/α-hetero) is 1. The highest BCUT2D eigenvalue weighted by Gasteiger charge is 2.18. The van der Waals surface area contributed by atoms with Crippen molar-refractivity contribution in [1.82, 2.24) is 24.2 Å². The molecule has 0 saturated carbocycles. The lowest BCUT2D eigenvalue weighted by Crippen LogP contribution is -2.36. The summed E-state index contributed by atoms with van der Waals surface area (Å²) in [6.07, 6.45) is 2.48. The van der Waals surface area contributed by atoms with Gasteiger partial charge in [-0.15, -0.1) is 0 Å². The molecule has 0 aromatic carbocycles. The Morgan fingerprint density at radius 2 is 1.96 bits per heavy atom. The summed E-state index contributed by atoms with van der Waals surface area (Å²) in [6.45, 7) is 4.28. The zero-order valence-electron chi connectivity index (χ0n) is 16.2. The first-order chi connectivity index (χ1) is 13.5. The van der Waals surface area contributed by atoms with Gasteiger partial charge < -0.3 is 9.30 Å². The highest BCUT2D eigenvalue weighted by Crippen LogP contribution is 2.27. The van der Waals surface area contributed by atoms with Crippen LogP contribution in [0.2, 0.25) is 0 Å². The molecule has 1 fully saturated rings. The van der Waals surface area contributed by atoms with E-state index in [1.807, 2.05) is 30.8 Å². The fourth-order valence-corrected chi connectivity index (χ4v) is 3.70. The smallest absolute Gasteiger partial charge is 0.183 e. The maximum atomic E-state index is 13.5. The molecule has 1 aliphatic heterocycles. The average molecular weight is 385 g/mol. The van der Waals surface area contributed by atoms with Gasteiger partial charge in [0.25, 0.3) is 0 Å². The molecule has 0 bridgehead atoms. The van der Waals surface area contributed by atoms with Crippen LogP contribution in [0.25, 0.3) is 22.4 Å². The minimum Gasteiger partial charge on any atom is -0.379 e. The third kappa shape index (κ3) is 3.70. The van der Waals surface area contributed by atoms with Crippen molar-refractivity contribution >= 4 is 16.8 Å². The number of hydrogen-bond acceptors (Lipinski definition) is 5. The van der Waals surface area contributed by atoms with Crippen LogP contribution in [0.4, 0.5) is 4.39 Å². The van der Waals surface area contributed by atoms with Crippen molar-refractivity contribution in [2.75, 3.05) is 32.8 Å². The molecule has 0 atom stereocenters. The van der Waals surface area contributed by atoms with E-state index in [-0.39, 0.29) is 11.6 Å². The van der Waals surface area contributed by atoms with E-state index in [0.717, 1.165) is 56.0 Å². The molecule has 4 rings (SSSR count). The predicted molar refractivity (Wildman–Crippen MR) is 104 cm³/mol. The standard InChI is InChI=1S/C20H24FN5O2/c1-24-17(11-14-10-15(21)13-22-20(14)24)18-12-16(23-25(18)2)19(27)4-3-5-26-6-8-28-9-7-26/h10-13H,3-9H2,1-2H3. The molecule has 3 aromatic rings. The lowest BCUT2D eigenvalue weighted by molar-refractivity contribution is 0.0371. The molecule has 0 aliphatic carbocycles. The molecule has 0 spiro atoms. The second kappa shape index (κ2) is 7.81. The van der Waals surface area contributed by atoms with Crippen LogP contribution in [-0.4, -0.2) is 62.9 Å². The fourth-order valence-electron chi connectivity index (χ4n) is 3.70. The second-order valence-electron chi connectivity index (χ2n) is 7.17. The van der Waals surface area contributed by atoms with Crippen LogP contribution >= 0.6 is 0 Å². The topological polar surface area (TPSA) is 65.2 Å². The van der Waals surface area contributed by atoms with E-state index in [4.69, 9.17) is 4.74 Å². The van der Waals surface area contributed by atoms with Gasteiger partial charge in [0.1, 0.15) is 17.2 Å². The maximum Gasteiger partial charge on any atom is 0.183 e. The van der Waals surface area contributed by atoms with Crippen molar-refractivity contribution in [2.45, 2.75) is 12.8 Å². The number of aryl methyl sites for hydroxylation is 2. The Kier molecular flexibility index (Phi) is 5.23. The summed E-state index contributed by atoms with van der Waals surface area (Å²) in [4.78, 5) is 19.1. The number of halogens is 1. The highest BCUT2D eigenvalue weighted by atomic mass is 19.1. The molecule has 3 aromatic heterocycles. The van der Waals surface area contributed by atoms with Gasteiger partial charge in [0.05, 0.1) is 30.8 Å². The third-order valence-electron chi connectivity index (χ3n) is 5.24. The molecule has 7 nitrogen and oxygen atoms in total. The Morgan fingerprint density at radius 1 is 1.18 bits per heavy atom. The molecule has 8 heteroatoms. The second-order valence-corrected chi connectivity index (χ2v) is 7.17. The predicted octanol–water partition coefficient (Wildman–Crippen LogP) is 2.41. The van der Waals surface area contributed by atoms with Crippen molar-refractivity contribution in [3.63, 3.8) is 0 Å². The summed E-state index contributed by atoms with van der Waals surface area (Å²) in [7, 11) is 3.69. The number of ketones is 1. The lowest BCUT2D eigenvalue weighted by Gasteiger charge is -2.26. The number of hydrogen-bond donors (Lipinski definition) is 0. The molecule has 0 unspecified atom stereocenters. The highest BCUT2D eigenvalue weighted by molar-refractivity contribution is 5.95. The van der Waals surface area contributed by atoms with Gasteiger partial charge in [-0.2, -0.15) is 5.10 Å². The summed E-state index contributed by atoms with van der Waals surface area (Å²) < 4.78 is 22.4. The number of pyridine rings is 1. The Bertz CT molecular complexity index is 1000. The molecule has 1 saturated heterocycles.